The Bertz CT molecular complexity index is 686. The normalized spacial score (nSPS) is 11.3. The first kappa shape index (κ1) is 19.6. The van der Waals surface area contributed by atoms with Crippen molar-refractivity contribution in [3.8, 4) is 0 Å². The fraction of sp³-hybridized carbons (Fsp3) is 0.429. The summed E-state index contributed by atoms with van der Waals surface area (Å²) in [6.07, 6.45) is 0. The third-order valence-corrected chi connectivity index (χ3v) is 5.85. The second-order valence-corrected chi connectivity index (χ2v) is 7.27. The Morgan fingerprint density at radius 3 is 2.39 bits per heavy atom. The maximum atomic E-state index is 12.5. The highest BCUT2D eigenvalue weighted by Gasteiger charge is 2.24. The molecule has 0 saturated heterocycles. The molecule has 0 heterocycles. The average molecular weight is 407 g/mol. The summed E-state index contributed by atoms with van der Waals surface area (Å²) in [5.41, 5.74) is 0.0436. The van der Waals surface area contributed by atoms with Gasteiger partial charge in [-0.2, -0.15) is 4.31 Å². The Labute approximate surface area is 144 Å². The van der Waals surface area contributed by atoms with Crippen LogP contribution in [-0.4, -0.2) is 51.3 Å². The topological polar surface area (TPSA) is 92.8 Å². The summed E-state index contributed by atoms with van der Waals surface area (Å²) in [6.45, 7) is 3.68. The van der Waals surface area contributed by atoms with E-state index in [9.17, 15) is 18.0 Å². The molecule has 9 heteroatoms. The van der Waals surface area contributed by atoms with Crippen LogP contribution in [0.1, 0.15) is 24.2 Å². The molecule has 0 aromatic heterocycles. The van der Waals surface area contributed by atoms with Crippen molar-refractivity contribution in [3.63, 3.8) is 0 Å². The van der Waals surface area contributed by atoms with Gasteiger partial charge in [0, 0.05) is 24.6 Å². The lowest BCUT2D eigenvalue weighted by Gasteiger charge is -2.19. The van der Waals surface area contributed by atoms with E-state index in [1.165, 1.54) is 29.6 Å². The van der Waals surface area contributed by atoms with Crippen molar-refractivity contribution in [3.05, 3.63) is 28.2 Å². The zero-order valence-corrected chi connectivity index (χ0v) is 15.5. The molecule has 1 amide bonds. The number of hydrogen-bond acceptors (Lipinski definition) is 5. The van der Waals surface area contributed by atoms with Gasteiger partial charge in [-0.15, -0.1) is 0 Å². The summed E-state index contributed by atoms with van der Waals surface area (Å²) in [7, 11) is -2.26. The van der Waals surface area contributed by atoms with Crippen molar-refractivity contribution in [2.75, 3.05) is 26.7 Å². The molecule has 0 saturated carbocycles. The van der Waals surface area contributed by atoms with Gasteiger partial charge in [-0.1, -0.05) is 13.8 Å². The predicted molar refractivity (Wildman–Crippen MR) is 88.6 cm³/mol. The van der Waals surface area contributed by atoms with Gasteiger partial charge in [0.2, 0.25) is 10.0 Å². The van der Waals surface area contributed by atoms with Gasteiger partial charge in [-0.25, -0.2) is 13.2 Å². The van der Waals surface area contributed by atoms with Crippen LogP contribution < -0.4 is 5.32 Å². The summed E-state index contributed by atoms with van der Waals surface area (Å²) < 4.78 is 31.5. The van der Waals surface area contributed by atoms with E-state index in [0.29, 0.717) is 17.6 Å². The van der Waals surface area contributed by atoms with Gasteiger partial charge < -0.3 is 10.1 Å². The molecule has 7 nitrogen and oxygen atoms in total. The Kier molecular flexibility index (Phi) is 7.17. The molecule has 0 aliphatic carbocycles. The molecule has 1 rings (SSSR count). The van der Waals surface area contributed by atoms with Crippen molar-refractivity contribution < 1.29 is 22.7 Å². The molecule has 23 heavy (non-hydrogen) atoms. The van der Waals surface area contributed by atoms with Gasteiger partial charge in [0.05, 0.1) is 10.5 Å². The molecular formula is C14H19BrN2O5S. The Morgan fingerprint density at radius 1 is 1.26 bits per heavy atom. The zero-order valence-electron chi connectivity index (χ0n) is 13.1. The quantitative estimate of drug-likeness (QED) is 0.690. The predicted octanol–water partition coefficient (Wildman–Crippen LogP) is 1.38. The van der Waals surface area contributed by atoms with Crippen LogP contribution in [0.15, 0.2) is 27.6 Å². The van der Waals surface area contributed by atoms with E-state index >= 15 is 0 Å². The molecule has 0 unspecified atom stereocenters. The number of nitrogens with one attached hydrogen (secondary N) is 1. The third-order valence-electron chi connectivity index (χ3n) is 3.11. The molecule has 1 N–H and O–H groups in total. The van der Waals surface area contributed by atoms with Crippen molar-refractivity contribution >= 4 is 37.8 Å². The van der Waals surface area contributed by atoms with E-state index in [1.54, 1.807) is 13.8 Å². The standard InChI is InChI=1S/C14H19BrN2O5S/c1-4-17(5-2)23(20,21)10-6-7-12(15)11(8-10)14(19)22-9-13(18)16-3/h6-8H,4-5,9H2,1-3H3,(H,16,18). The van der Waals surface area contributed by atoms with Gasteiger partial charge in [0.15, 0.2) is 6.61 Å². The van der Waals surface area contributed by atoms with Crippen molar-refractivity contribution in [1.29, 1.82) is 0 Å². The van der Waals surface area contributed by atoms with Gasteiger partial charge in [0.25, 0.3) is 5.91 Å². The van der Waals surface area contributed by atoms with Gasteiger partial charge in [-0.3, -0.25) is 4.79 Å². The highest BCUT2D eigenvalue weighted by Crippen LogP contribution is 2.24. The zero-order chi connectivity index (χ0) is 17.6. The maximum absolute atomic E-state index is 12.5. The molecule has 0 bridgehead atoms. The first-order chi connectivity index (χ1) is 10.8. The minimum Gasteiger partial charge on any atom is -0.452 e. The molecule has 0 aliphatic heterocycles. The summed E-state index contributed by atoms with van der Waals surface area (Å²) >= 11 is 3.18. The van der Waals surface area contributed by atoms with E-state index in [-0.39, 0.29) is 10.5 Å². The minimum atomic E-state index is -3.68. The number of amides is 1. The highest BCUT2D eigenvalue weighted by molar-refractivity contribution is 9.10. The Balaban J connectivity index is 3.13. The number of carbonyl (C=O) groups excluding carboxylic acids is 2. The van der Waals surface area contributed by atoms with E-state index in [4.69, 9.17) is 4.74 Å². The molecule has 1 aromatic rings. The highest BCUT2D eigenvalue weighted by atomic mass is 79.9. The molecule has 0 spiro atoms. The molecule has 0 aliphatic rings. The van der Waals surface area contributed by atoms with Gasteiger partial charge >= 0.3 is 5.97 Å². The molecule has 0 atom stereocenters. The maximum Gasteiger partial charge on any atom is 0.339 e. The Morgan fingerprint density at radius 2 is 1.87 bits per heavy atom. The second kappa shape index (κ2) is 8.42. The number of esters is 1. The number of likely N-dealkylation sites (N-methyl/N-ethyl adjacent to an activating group) is 1. The lowest BCUT2D eigenvalue weighted by atomic mass is 10.2. The number of halogens is 1. The number of hydrogen-bond donors (Lipinski definition) is 1. The van der Waals surface area contributed by atoms with E-state index < -0.39 is 28.5 Å². The van der Waals surface area contributed by atoms with Crippen LogP contribution in [0.3, 0.4) is 0 Å². The van der Waals surface area contributed by atoms with E-state index in [1.807, 2.05) is 0 Å². The average Bonchev–Trinajstić information content (AvgIpc) is 2.53. The molecule has 0 radical (unpaired) electrons. The summed E-state index contributed by atoms with van der Waals surface area (Å²) in [5, 5.41) is 2.32. The summed E-state index contributed by atoms with van der Waals surface area (Å²) in [5.74, 6) is -1.24. The number of carbonyl (C=O) groups is 2. The van der Waals surface area contributed by atoms with Gasteiger partial charge in [-0.05, 0) is 34.1 Å². The van der Waals surface area contributed by atoms with Crippen LogP contribution in [0, 0.1) is 0 Å². The van der Waals surface area contributed by atoms with Crippen LogP contribution in [0.25, 0.3) is 0 Å². The monoisotopic (exact) mass is 406 g/mol. The van der Waals surface area contributed by atoms with Crippen molar-refractivity contribution in [2.45, 2.75) is 18.7 Å². The largest absolute Gasteiger partial charge is 0.452 e. The fourth-order valence-electron chi connectivity index (χ4n) is 1.81. The first-order valence-electron chi connectivity index (χ1n) is 6.95. The fourth-order valence-corrected chi connectivity index (χ4v) is 3.71. The molecule has 128 valence electrons. The van der Waals surface area contributed by atoms with Gasteiger partial charge in [0.1, 0.15) is 0 Å². The van der Waals surface area contributed by atoms with Crippen molar-refractivity contribution in [1.82, 2.24) is 9.62 Å². The molecule has 0 fully saturated rings. The van der Waals surface area contributed by atoms with Crippen LogP contribution >= 0.6 is 15.9 Å². The SMILES string of the molecule is CCN(CC)S(=O)(=O)c1ccc(Br)c(C(=O)OCC(=O)NC)c1. The van der Waals surface area contributed by atoms with Crippen LogP contribution in [0.4, 0.5) is 0 Å². The lowest BCUT2D eigenvalue weighted by Crippen LogP contribution is -2.30. The summed E-state index contributed by atoms with van der Waals surface area (Å²) in [4.78, 5) is 23.2. The number of sulfonamides is 1. The molecule has 1 aromatic carbocycles. The third kappa shape index (κ3) is 4.76. The van der Waals surface area contributed by atoms with Crippen LogP contribution in [0.2, 0.25) is 0 Å². The van der Waals surface area contributed by atoms with E-state index in [0.717, 1.165) is 0 Å². The van der Waals surface area contributed by atoms with Crippen molar-refractivity contribution in [2.24, 2.45) is 0 Å². The number of rotatable bonds is 7. The number of nitrogens with zero attached hydrogens (tertiary/aromatic N) is 1. The second-order valence-electron chi connectivity index (χ2n) is 4.48. The Hall–Kier alpha value is -1.45. The number of benzene rings is 1. The smallest absolute Gasteiger partial charge is 0.339 e. The first-order valence-corrected chi connectivity index (χ1v) is 9.18. The van der Waals surface area contributed by atoms with Crippen LogP contribution in [-0.2, 0) is 19.6 Å². The lowest BCUT2D eigenvalue weighted by molar-refractivity contribution is -0.123. The molecular weight excluding hydrogens is 388 g/mol. The van der Waals surface area contributed by atoms with E-state index in [2.05, 4.69) is 21.2 Å². The summed E-state index contributed by atoms with van der Waals surface area (Å²) in [6, 6.07) is 4.12. The van der Waals surface area contributed by atoms with Crippen LogP contribution in [0.5, 0.6) is 0 Å². The number of ether oxygens (including phenoxy) is 1. The minimum absolute atomic E-state index is 0.00343.